The fraction of sp³-hybridized carbons (Fsp3) is 0.227. The summed E-state index contributed by atoms with van der Waals surface area (Å²) in [6, 6.07) is 14.5. The second-order valence-corrected chi connectivity index (χ2v) is 9.56. The van der Waals surface area contributed by atoms with Gasteiger partial charge < -0.3 is 15.4 Å². The molecule has 166 valence electrons. The van der Waals surface area contributed by atoms with Crippen molar-refractivity contribution in [1.82, 2.24) is 15.1 Å². The Morgan fingerprint density at radius 3 is 2.62 bits per heavy atom. The average molecular weight is 455 g/mol. The minimum Gasteiger partial charge on any atom is -0.497 e. The largest absolute Gasteiger partial charge is 0.497 e. The molecule has 0 saturated carbocycles. The maximum atomic E-state index is 12.6. The highest BCUT2D eigenvalue weighted by Gasteiger charge is 2.34. The van der Waals surface area contributed by atoms with Crippen LogP contribution in [0.25, 0.3) is 5.69 Å². The van der Waals surface area contributed by atoms with E-state index in [2.05, 4.69) is 15.7 Å². The molecule has 1 aliphatic heterocycles. The fourth-order valence-electron chi connectivity index (χ4n) is 3.56. The molecular weight excluding hydrogens is 432 g/mol. The van der Waals surface area contributed by atoms with E-state index in [4.69, 9.17) is 4.74 Å². The van der Waals surface area contributed by atoms with Gasteiger partial charge in [0.05, 0.1) is 30.0 Å². The topological polar surface area (TPSA) is 119 Å². The number of nitrogens with one attached hydrogen (secondary N) is 2. The highest BCUT2D eigenvalue weighted by molar-refractivity contribution is 7.90. The first-order valence-electron chi connectivity index (χ1n) is 9.87. The van der Waals surface area contributed by atoms with Gasteiger partial charge in [0.15, 0.2) is 9.84 Å². The van der Waals surface area contributed by atoms with Gasteiger partial charge in [-0.05, 0) is 36.2 Å². The third kappa shape index (κ3) is 4.35. The lowest BCUT2D eigenvalue weighted by atomic mass is 10.2. The van der Waals surface area contributed by atoms with Gasteiger partial charge >= 0.3 is 11.8 Å². The number of sulfone groups is 1. The molecule has 32 heavy (non-hydrogen) atoms. The third-order valence-electron chi connectivity index (χ3n) is 5.16. The number of aromatic nitrogens is 2. The van der Waals surface area contributed by atoms with Gasteiger partial charge in [-0.25, -0.2) is 13.1 Å². The van der Waals surface area contributed by atoms with Crippen LogP contribution in [0.15, 0.2) is 48.5 Å². The molecular formula is C22H22N4O5S. The van der Waals surface area contributed by atoms with Crippen LogP contribution < -0.4 is 15.4 Å². The minimum absolute atomic E-state index is 0.132. The van der Waals surface area contributed by atoms with Crippen molar-refractivity contribution in [2.75, 3.05) is 12.4 Å². The number of anilines is 1. The summed E-state index contributed by atoms with van der Waals surface area (Å²) in [7, 11) is -1.80. The molecule has 0 aliphatic carbocycles. The molecule has 4 rings (SSSR count). The highest BCUT2D eigenvalue weighted by Crippen LogP contribution is 2.33. The first-order chi connectivity index (χ1) is 15.3. The van der Waals surface area contributed by atoms with E-state index in [1.165, 1.54) is 4.68 Å². The van der Waals surface area contributed by atoms with Crippen molar-refractivity contribution in [2.45, 2.75) is 25.0 Å². The number of amides is 2. The van der Waals surface area contributed by atoms with Gasteiger partial charge in [0, 0.05) is 12.1 Å². The SMILES string of the molecule is COc1cccc(CNC(=O)C(=O)Nc2c3c(nn2-c2ccccc2C)CS(=O)(=O)C3)c1. The van der Waals surface area contributed by atoms with Crippen molar-refractivity contribution in [2.24, 2.45) is 0 Å². The summed E-state index contributed by atoms with van der Waals surface area (Å²) in [6.07, 6.45) is 0. The van der Waals surface area contributed by atoms with Gasteiger partial charge in [-0.1, -0.05) is 30.3 Å². The van der Waals surface area contributed by atoms with Gasteiger partial charge in [0.1, 0.15) is 11.6 Å². The number of para-hydroxylation sites is 1. The maximum absolute atomic E-state index is 12.6. The van der Waals surface area contributed by atoms with E-state index >= 15 is 0 Å². The molecule has 2 N–H and O–H groups in total. The molecule has 0 saturated heterocycles. The second kappa shape index (κ2) is 8.46. The van der Waals surface area contributed by atoms with Crippen LogP contribution in [0.1, 0.15) is 22.4 Å². The summed E-state index contributed by atoms with van der Waals surface area (Å²) in [5.74, 6) is -1.37. The molecule has 2 amide bonds. The van der Waals surface area contributed by atoms with Crippen LogP contribution in [0.5, 0.6) is 5.75 Å². The number of aryl methyl sites for hydroxylation is 1. The summed E-state index contributed by atoms with van der Waals surface area (Å²) in [5.41, 5.74) is 3.12. The smallest absolute Gasteiger partial charge is 0.314 e. The van der Waals surface area contributed by atoms with Crippen LogP contribution in [0.2, 0.25) is 0 Å². The van der Waals surface area contributed by atoms with Crippen molar-refractivity contribution < 1.29 is 22.7 Å². The Hall–Kier alpha value is -3.66. The van der Waals surface area contributed by atoms with Crippen LogP contribution in [0, 0.1) is 6.92 Å². The van der Waals surface area contributed by atoms with E-state index in [1.807, 2.05) is 31.2 Å². The van der Waals surface area contributed by atoms with E-state index in [1.54, 1.807) is 31.4 Å². The lowest BCUT2D eigenvalue weighted by Gasteiger charge is -2.13. The predicted molar refractivity (Wildman–Crippen MR) is 118 cm³/mol. The Morgan fingerprint density at radius 1 is 1.09 bits per heavy atom. The van der Waals surface area contributed by atoms with Crippen LogP contribution in [0.3, 0.4) is 0 Å². The summed E-state index contributed by atoms with van der Waals surface area (Å²) in [5, 5.41) is 9.56. The van der Waals surface area contributed by atoms with Crippen LogP contribution in [0.4, 0.5) is 5.82 Å². The summed E-state index contributed by atoms with van der Waals surface area (Å²) in [4.78, 5) is 25.1. The molecule has 0 radical (unpaired) electrons. The number of ether oxygens (including phenoxy) is 1. The number of fused-ring (bicyclic) bond motifs is 1. The zero-order valence-electron chi connectivity index (χ0n) is 17.6. The van der Waals surface area contributed by atoms with E-state index < -0.39 is 21.7 Å². The van der Waals surface area contributed by atoms with Crippen molar-refractivity contribution >= 4 is 27.5 Å². The monoisotopic (exact) mass is 454 g/mol. The second-order valence-electron chi connectivity index (χ2n) is 7.49. The Bertz CT molecular complexity index is 1310. The Labute approximate surface area is 185 Å². The molecule has 0 fully saturated rings. The van der Waals surface area contributed by atoms with Gasteiger partial charge in [0.25, 0.3) is 0 Å². The summed E-state index contributed by atoms with van der Waals surface area (Å²) in [6.45, 7) is 2.01. The Balaban J connectivity index is 1.57. The van der Waals surface area contributed by atoms with E-state index in [9.17, 15) is 18.0 Å². The molecule has 0 atom stereocenters. The molecule has 0 spiro atoms. The molecule has 2 aromatic carbocycles. The number of hydrogen-bond donors (Lipinski definition) is 2. The van der Waals surface area contributed by atoms with Crippen molar-refractivity contribution in [1.29, 1.82) is 0 Å². The number of methoxy groups -OCH3 is 1. The molecule has 0 unspecified atom stereocenters. The first-order valence-corrected chi connectivity index (χ1v) is 11.7. The normalized spacial score (nSPS) is 13.9. The van der Waals surface area contributed by atoms with Crippen molar-refractivity contribution in [3.8, 4) is 11.4 Å². The number of carbonyl (C=O) groups is 2. The molecule has 1 aromatic heterocycles. The van der Waals surface area contributed by atoms with Gasteiger partial charge in [0.2, 0.25) is 0 Å². The molecule has 0 bridgehead atoms. The average Bonchev–Trinajstić information content (AvgIpc) is 3.24. The van der Waals surface area contributed by atoms with E-state index in [-0.39, 0.29) is 23.9 Å². The molecule has 3 aromatic rings. The molecule has 2 heterocycles. The highest BCUT2D eigenvalue weighted by atomic mass is 32.2. The molecule has 1 aliphatic rings. The summed E-state index contributed by atoms with van der Waals surface area (Å²) >= 11 is 0. The minimum atomic E-state index is -3.34. The molecule has 9 nitrogen and oxygen atoms in total. The van der Waals surface area contributed by atoms with Gasteiger partial charge in [-0.2, -0.15) is 5.10 Å². The third-order valence-corrected chi connectivity index (χ3v) is 6.60. The lowest BCUT2D eigenvalue weighted by Crippen LogP contribution is -2.35. The predicted octanol–water partition coefficient (Wildman–Crippen LogP) is 1.87. The Kier molecular flexibility index (Phi) is 5.70. The maximum Gasteiger partial charge on any atom is 0.314 e. The van der Waals surface area contributed by atoms with Crippen molar-refractivity contribution in [3.05, 3.63) is 70.9 Å². The van der Waals surface area contributed by atoms with Crippen LogP contribution in [-0.4, -0.2) is 37.1 Å². The van der Waals surface area contributed by atoms with Crippen LogP contribution in [-0.2, 0) is 37.5 Å². The number of rotatable bonds is 5. The quantitative estimate of drug-likeness (QED) is 0.568. The van der Waals surface area contributed by atoms with Gasteiger partial charge in [-0.15, -0.1) is 0 Å². The van der Waals surface area contributed by atoms with Crippen molar-refractivity contribution in [3.63, 3.8) is 0 Å². The Morgan fingerprint density at radius 2 is 1.88 bits per heavy atom. The number of carbonyl (C=O) groups excluding carboxylic acids is 2. The summed E-state index contributed by atoms with van der Waals surface area (Å²) < 4.78 is 30.8. The van der Waals surface area contributed by atoms with E-state index in [0.29, 0.717) is 22.7 Å². The number of nitrogens with zero attached hydrogens (tertiary/aromatic N) is 2. The first kappa shape index (κ1) is 21.6. The number of benzene rings is 2. The van der Waals surface area contributed by atoms with Crippen LogP contribution >= 0.6 is 0 Å². The lowest BCUT2D eigenvalue weighted by molar-refractivity contribution is -0.136. The number of hydrogen-bond acceptors (Lipinski definition) is 6. The molecule has 10 heteroatoms. The zero-order chi connectivity index (χ0) is 22.9. The zero-order valence-corrected chi connectivity index (χ0v) is 18.4. The van der Waals surface area contributed by atoms with Gasteiger partial charge in [-0.3, -0.25) is 9.59 Å². The van der Waals surface area contributed by atoms with E-state index in [0.717, 1.165) is 11.1 Å². The standard InChI is InChI=1S/C22H22N4O5S/c1-14-6-3-4-9-19(14)26-20(17-12-32(29,30)13-18(17)25-26)24-22(28)21(27)23-11-15-7-5-8-16(10-15)31-2/h3-10H,11-13H2,1-2H3,(H,23,27)(H,24,28). The fourth-order valence-corrected chi connectivity index (χ4v) is 5.05.